The number of hydrogen-bond donors (Lipinski definition) is 2. The molecule has 1 unspecified atom stereocenters. The van der Waals surface area contributed by atoms with Crippen molar-refractivity contribution in [1.29, 1.82) is 0 Å². The first kappa shape index (κ1) is 13.4. The number of ether oxygens (including phenoxy) is 1. The predicted molar refractivity (Wildman–Crippen MR) is 62.5 cm³/mol. The van der Waals surface area contributed by atoms with Gasteiger partial charge in [0.25, 0.3) is 5.91 Å². The number of amides is 1. The number of rotatable bonds is 4. The molecule has 1 amide bonds. The highest BCUT2D eigenvalue weighted by Gasteiger charge is 2.13. The van der Waals surface area contributed by atoms with Crippen LogP contribution in [0.15, 0.2) is 18.2 Å². The lowest BCUT2D eigenvalue weighted by Crippen LogP contribution is -2.25. The summed E-state index contributed by atoms with van der Waals surface area (Å²) in [6.07, 6.45) is -1.26. The van der Waals surface area contributed by atoms with Crippen molar-refractivity contribution in [3.05, 3.63) is 24.0 Å². The molecule has 1 rings (SSSR count). The Morgan fingerprint density at radius 2 is 2.06 bits per heavy atom. The second-order valence-electron chi connectivity index (χ2n) is 3.97. The number of carbonyl (C=O) groups is 1. The Labute approximate surface area is 99.4 Å². The van der Waals surface area contributed by atoms with Crippen molar-refractivity contribution in [3.63, 3.8) is 0 Å². The molecule has 0 bridgehead atoms. The maximum atomic E-state index is 13.1. The van der Waals surface area contributed by atoms with Crippen LogP contribution in [0, 0.1) is 5.82 Å². The third kappa shape index (κ3) is 4.03. The van der Waals surface area contributed by atoms with Crippen LogP contribution in [-0.2, 0) is 4.79 Å². The summed E-state index contributed by atoms with van der Waals surface area (Å²) in [6.45, 7) is 4.98. The number of nitrogens with one attached hydrogen (secondary N) is 1. The van der Waals surface area contributed by atoms with Gasteiger partial charge in [0, 0.05) is 6.07 Å². The summed E-state index contributed by atoms with van der Waals surface area (Å²) in [5, 5.41) is 11.5. The van der Waals surface area contributed by atoms with Crippen molar-refractivity contribution in [1.82, 2.24) is 0 Å². The molecule has 0 saturated carbocycles. The van der Waals surface area contributed by atoms with E-state index in [-0.39, 0.29) is 11.8 Å². The molecule has 0 saturated heterocycles. The first-order valence-corrected chi connectivity index (χ1v) is 5.35. The zero-order valence-corrected chi connectivity index (χ0v) is 10.0. The number of carbonyl (C=O) groups excluding carboxylic acids is 1. The average molecular weight is 241 g/mol. The summed E-state index contributed by atoms with van der Waals surface area (Å²) in [5.41, 5.74) is 0.213. The SMILES string of the molecule is CC(C)Oc1ccc(F)cc1NC(=O)C(C)O. The Morgan fingerprint density at radius 3 is 2.59 bits per heavy atom. The van der Waals surface area contributed by atoms with Gasteiger partial charge in [-0.2, -0.15) is 0 Å². The molecule has 1 atom stereocenters. The highest BCUT2D eigenvalue weighted by Crippen LogP contribution is 2.26. The quantitative estimate of drug-likeness (QED) is 0.846. The second-order valence-corrected chi connectivity index (χ2v) is 3.97. The van der Waals surface area contributed by atoms with Gasteiger partial charge in [-0.15, -0.1) is 0 Å². The molecule has 2 N–H and O–H groups in total. The van der Waals surface area contributed by atoms with E-state index in [1.807, 2.05) is 13.8 Å². The van der Waals surface area contributed by atoms with Crippen LogP contribution in [-0.4, -0.2) is 23.2 Å². The Bertz CT molecular complexity index is 405. The molecule has 4 nitrogen and oxygen atoms in total. The van der Waals surface area contributed by atoms with Crippen molar-refractivity contribution in [2.24, 2.45) is 0 Å². The summed E-state index contributed by atoms with van der Waals surface area (Å²) in [4.78, 5) is 11.3. The molecule has 0 aliphatic carbocycles. The average Bonchev–Trinajstić information content (AvgIpc) is 2.21. The lowest BCUT2D eigenvalue weighted by molar-refractivity contribution is -0.123. The summed E-state index contributed by atoms with van der Waals surface area (Å²) in [5.74, 6) is -0.721. The molecule has 0 spiro atoms. The Kier molecular flexibility index (Phi) is 4.45. The van der Waals surface area contributed by atoms with E-state index in [1.54, 1.807) is 0 Å². The van der Waals surface area contributed by atoms with Crippen LogP contribution in [0.2, 0.25) is 0 Å². The lowest BCUT2D eigenvalue weighted by Gasteiger charge is -2.15. The third-order valence-corrected chi connectivity index (χ3v) is 1.94. The van der Waals surface area contributed by atoms with E-state index < -0.39 is 17.8 Å². The molecule has 5 heteroatoms. The topological polar surface area (TPSA) is 58.6 Å². The number of halogens is 1. The van der Waals surface area contributed by atoms with E-state index in [2.05, 4.69) is 5.32 Å². The maximum absolute atomic E-state index is 13.1. The fourth-order valence-electron chi connectivity index (χ4n) is 1.19. The molecule has 0 radical (unpaired) electrons. The molecule has 94 valence electrons. The maximum Gasteiger partial charge on any atom is 0.253 e. The molecular formula is C12H16FNO3. The predicted octanol–water partition coefficient (Wildman–Crippen LogP) is 1.93. The first-order valence-electron chi connectivity index (χ1n) is 5.35. The fraction of sp³-hybridized carbons (Fsp3) is 0.417. The van der Waals surface area contributed by atoms with Crippen LogP contribution in [0.3, 0.4) is 0 Å². The molecule has 0 aromatic heterocycles. The van der Waals surface area contributed by atoms with Crippen LogP contribution < -0.4 is 10.1 Å². The van der Waals surface area contributed by atoms with Gasteiger partial charge in [-0.1, -0.05) is 0 Å². The molecule has 0 aliphatic rings. The number of anilines is 1. The highest BCUT2D eigenvalue weighted by molar-refractivity contribution is 5.95. The van der Waals surface area contributed by atoms with Crippen LogP contribution in [0.5, 0.6) is 5.75 Å². The summed E-state index contributed by atoms with van der Waals surface area (Å²) >= 11 is 0. The van der Waals surface area contributed by atoms with Crippen LogP contribution >= 0.6 is 0 Å². The highest BCUT2D eigenvalue weighted by atomic mass is 19.1. The number of benzene rings is 1. The van der Waals surface area contributed by atoms with Gasteiger partial charge in [-0.25, -0.2) is 4.39 Å². The van der Waals surface area contributed by atoms with Gasteiger partial charge in [0.2, 0.25) is 0 Å². The monoisotopic (exact) mass is 241 g/mol. The molecule has 0 aliphatic heterocycles. The Balaban J connectivity index is 2.94. The number of hydrogen-bond acceptors (Lipinski definition) is 3. The largest absolute Gasteiger partial charge is 0.489 e. The van der Waals surface area contributed by atoms with E-state index in [1.165, 1.54) is 19.1 Å². The Hall–Kier alpha value is -1.62. The van der Waals surface area contributed by atoms with Crippen molar-refractivity contribution in [2.45, 2.75) is 33.0 Å². The minimum absolute atomic E-state index is 0.0948. The van der Waals surface area contributed by atoms with Crippen LogP contribution in [0.4, 0.5) is 10.1 Å². The standard InChI is InChI=1S/C12H16FNO3/c1-7(2)17-11-5-4-9(13)6-10(11)14-12(16)8(3)15/h4-8,15H,1-3H3,(H,14,16). The lowest BCUT2D eigenvalue weighted by atomic mass is 10.2. The van der Waals surface area contributed by atoms with Gasteiger partial charge < -0.3 is 15.2 Å². The molecule has 0 fully saturated rings. The zero-order chi connectivity index (χ0) is 13.0. The first-order chi connectivity index (χ1) is 7.90. The Morgan fingerprint density at radius 1 is 1.41 bits per heavy atom. The summed E-state index contributed by atoms with van der Waals surface area (Å²) in [7, 11) is 0. The van der Waals surface area contributed by atoms with Crippen molar-refractivity contribution in [2.75, 3.05) is 5.32 Å². The van der Waals surface area contributed by atoms with Crippen molar-refractivity contribution < 1.29 is 19.0 Å². The van der Waals surface area contributed by atoms with E-state index in [4.69, 9.17) is 9.84 Å². The van der Waals surface area contributed by atoms with Crippen molar-refractivity contribution in [3.8, 4) is 5.75 Å². The molecular weight excluding hydrogens is 225 g/mol. The van der Waals surface area contributed by atoms with E-state index in [0.29, 0.717) is 5.75 Å². The van der Waals surface area contributed by atoms with Gasteiger partial charge in [0.15, 0.2) is 0 Å². The van der Waals surface area contributed by atoms with E-state index in [0.717, 1.165) is 6.07 Å². The molecule has 0 heterocycles. The van der Waals surface area contributed by atoms with E-state index >= 15 is 0 Å². The minimum Gasteiger partial charge on any atom is -0.489 e. The van der Waals surface area contributed by atoms with Crippen molar-refractivity contribution >= 4 is 11.6 Å². The van der Waals surface area contributed by atoms with Gasteiger partial charge in [-0.05, 0) is 32.9 Å². The van der Waals surface area contributed by atoms with Gasteiger partial charge in [0.05, 0.1) is 11.8 Å². The normalized spacial score (nSPS) is 12.4. The fourth-order valence-corrected chi connectivity index (χ4v) is 1.19. The third-order valence-electron chi connectivity index (χ3n) is 1.94. The van der Waals surface area contributed by atoms with Crippen LogP contribution in [0.1, 0.15) is 20.8 Å². The minimum atomic E-state index is -1.16. The van der Waals surface area contributed by atoms with Crippen LogP contribution in [0.25, 0.3) is 0 Å². The number of aliphatic hydroxyl groups excluding tert-OH is 1. The van der Waals surface area contributed by atoms with E-state index in [9.17, 15) is 9.18 Å². The smallest absolute Gasteiger partial charge is 0.253 e. The molecule has 1 aromatic carbocycles. The second kappa shape index (κ2) is 5.63. The molecule has 17 heavy (non-hydrogen) atoms. The number of aliphatic hydroxyl groups is 1. The van der Waals surface area contributed by atoms with Gasteiger partial charge in [-0.3, -0.25) is 4.79 Å². The summed E-state index contributed by atoms with van der Waals surface area (Å²) < 4.78 is 18.5. The van der Waals surface area contributed by atoms with Gasteiger partial charge >= 0.3 is 0 Å². The van der Waals surface area contributed by atoms with Gasteiger partial charge in [0.1, 0.15) is 17.7 Å². The summed E-state index contributed by atoms with van der Waals surface area (Å²) in [6, 6.07) is 3.83. The molecule has 1 aromatic rings. The zero-order valence-electron chi connectivity index (χ0n) is 10.0.